The maximum absolute atomic E-state index is 10.9. The molecule has 1 aliphatic heterocycles. The van der Waals surface area contributed by atoms with Crippen LogP contribution in [-0.4, -0.2) is 23.0 Å². The minimum Gasteiger partial charge on any atom is -0.272 e. The molecule has 0 N–H and O–H groups in total. The van der Waals surface area contributed by atoms with Crippen LogP contribution >= 0.6 is 0 Å². The molecule has 12 heavy (non-hydrogen) atoms. The molecule has 2 amide bonds. The molecule has 0 aromatic rings. The van der Waals surface area contributed by atoms with E-state index in [4.69, 9.17) is 0 Å². The average molecular weight is 173 g/mol. The zero-order valence-electron chi connectivity index (χ0n) is 7.07. The number of carbonyl (C=O) groups is 2. The Hall–Kier alpha value is -0.940. The molecule has 1 fully saturated rings. The van der Waals surface area contributed by atoms with Gasteiger partial charge in [0, 0.05) is 12.8 Å². The lowest BCUT2D eigenvalue weighted by molar-refractivity contribution is -0.409. The molecular formula is C7H11NO4. The van der Waals surface area contributed by atoms with E-state index in [0.717, 1.165) is 0 Å². The standard InChI is InChI=1S/C7H11NO4/c1-5(2)11-12-8-6(9)3-4-7(8)10/h5H,3-4H2,1-2H3. The van der Waals surface area contributed by atoms with Crippen molar-refractivity contribution in [2.45, 2.75) is 32.8 Å². The van der Waals surface area contributed by atoms with Crippen LogP contribution in [0.15, 0.2) is 0 Å². The molecule has 5 heteroatoms. The lowest BCUT2D eigenvalue weighted by atomic mass is 10.4. The molecule has 0 aliphatic carbocycles. The molecule has 1 rings (SSSR count). The van der Waals surface area contributed by atoms with Crippen molar-refractivity contribution in [3.63, 3.8) is 0 Å². The third-order valence-electron chi connectivity index (χ3n) is 1.32. The third kappa shape index (κ3) is 2.02. The van der Waals surface area contributed by atoms with E-state index in [9.17, 15) is 9.59 Å². The van der Waals surface area contributed by atoms with Crippen molar-refractivity contribution in [2.24, 2.45) is 0 Å². The van der Waals surface area contributed by atoms with Gasteiger partial charge < -0.3 is 0 Å². The fourth-order valence-corrected chi connectivity index (χ4v) is 0.768. The summed E-state index contributed by atoms with van der Waals surface area (Å²) in [4.78, 5) is 31.0. The van der Waals surface area contributed by atoms with E-state index in [0.29, 0.717) is 5.06 Å². The van der Waals surface area contributed by atoms with Crippen molar-refractivity contribution in [1.82, 2.24) is 5.06 Å². The predicted octanol–water partition coefficient (Wildman–Crippen LogP) is 0.407. The Morgan fingerprint density at radius 3 is 2.17 bits per heavy atom. The van der Waals surface area contributed by atoms with Gasteiger partial charge in [0.15, 0.2) is 0 Å². The molecule has 0 radical (unpaired) electrons. The van der Waals surface area contributed by atoms with Gasteiger partial charge in [0.2, 0.25) is 0 Å². The second-order valence-electron chi connectivity index (χ2n) is 2.80. The van der Waals surface area contributed by atoms with Crippen LogP contribution in [0.5, 0.6) is 0 Å². The fraction of sp³-hybridized carbons (Fsp3) is 0.714. The van der Waals surface area contributed by atoms with Gasteiger partial charge in [-0.15, -0.1) is 10.1 Å². The van der Waals surface area contributed by atoms with Crippen molar-refractivity contribution in [3.05, 3.63) is 0 Å². The SMILES string of the molecule is CC(C)OON1C(=O)CCC1=O. The molecule has 0 bridgehead atoms. The number of nitrogens with zero attached hydrogens (tertiary/aromatic N) is 1. The van der Waals surface area contributed by atoms with E-state index in [2.05, 4.69) is 9.88 Å². The van der Waals surface area contributed by atoms with Crippen molar-refractivity contribution in [3.8, 4) is 0 Å². The summed E-state index contributed by atoms with van der Waals surface area (Å²) in [5.74, 6) is -0.693. The fourth-order valence-electron chi connectivity index (χ4n) is 0.768. The number of rotatable bonds is 3. The maximum atomic E-state index is 10.9. The quantitative estimate of drug-likeness (QED) is 0.352. The van der Waals surface area contributed by atoms with Crippen molar-refractivity contribution < 1.29 is 19.5 Å². The van der Waals surface area contributed by atoms with Crippen LogP contribution in [0, 0.1) is 0 Å². The lowest BCUT2D eigenvalue weighted by Crippen LogP contribution is -2.30. The topological polar surface area (TPSA) is 55.8 Å². The molecule has 0 unspecified atom stereocenters. The van der Waals surface area contributed by atoms with E-state index in [1.54, 1.807) is 13.8 Å². The van der Waals surface area contributed by atoms with E-state index in [1.165, 1.54) is 0 Å². The second kappa shape index (κ2) is 3.64. The Labute approximate surface area is 70.1 Å². The molecular weight excluding hydrogens is 162 g/mol. The van der Waals surface area contributed by atoms with Gasteiger partial charge in [0.1, 0.15) is 0 Å². The Balaban J connectivity index is 2.40. The minimum absolute atomic E-state index is 0.175. The molecule has 1 saturated heterocycles. The molecule has 0 aromatic heterocycles. The first-order chi connectivity index (χ1) is 5.61. The first-order valence-corrected chi connectivity index (χ1v) is 3.80. The van der Waals surface area contributed by atoms with Gasteiger partial charge in [0.05, 0.1) is 6.10 Å². The Morgan fingerprint density at radius 1 is 1.25 bits per heavy atom. The number of hydrogen-bond donors (Lipinski definition) is 0. The summed E-state index contributed by atoms with van der Waals surface area (Å²) in [5, 5.41) is 0.667. The summed E-state index contributed by atoms with van der Waals surface area (Å²) in [6.45, 7) is 3.48. The normalized spacial score (nSPS) is 18.1. The van der Waals surface area contributed by atoms with E-state index in [1.807, 2.05) is 0 Å². The van der Waals surface area contributed by atoms with Crippen LogP contribution in [0.4, 0.5) is 0 Å². The molecule has 1 aliphatic rings. The molecule has 0 spiro atoms. The molecule has 0 atom stereocenters. The number of imide groups is 1. The Kier molecular flexibility index (Phi) is 2.78. The largest absolute Gasteiger partial charge is 0.272 e. The molecule has 5 nitrogen and oxygen atoms in total. The summed E-state index contributed by atoms with van der Waals surface area (Å²) in [5.41, 5.74) is 0. The van der Waals surface area contributed by atoms with Crippen molar-refractivity contribution >= 4 is 11.8 Å². The van der Waals surface area contributed by atoms with Gasteiger partial charge in [-0.25, -0.2) is 4.89 Å². The summed E-state index contributed by atoms with van der Waals surface area (Å²) in [6.07, 6.45) is 0.242. The molecule has 0 aromatic carbocycles. The number of hydrogen-bond acceptors (Lipinski definition) is 4. The van der Waals surface area contributed by atoms with E-state index >= 15 is 0 Å². The molecule has 1 heterocycles. The van der Waals surface area contributed by atoms with Gasteiger partial charge >= 0.3 is 0 Å². The zero-order valence-corrected chi connectivity index (χ0v) is 7.07. The third-order valence-corrected chi connectivity index (χ3v) is 1.32. The first-order valence-electron chi connectivity index (χ1n) is 3.80. The van der Waals surface area contributed by atoms with Crippen LogP contribution < -0.4 is 0 Å². The first kappa shape index (κ1) is 9.15. The van der Waals surface area contributed by atoms with E-state index in [-0.39, 0.29) is 30.8 Å². The average Bonchev–Trinajstić information content (AvgIpc) is 2.28. The minimum atomic E-state index is -0.347. The van der Waals surface area contributed by atoms with Crippen molar-refractivity contribution in [2.75, 3.05) is 0 Å². The highest BCUT2D eigenvalue weighted by atomic mass is 17.3. The number of carbonyl (C=O) groups excluding carboxylic acids is 2. The van der Waals surface area contributed by atoms with Gasteiger partial charge in [0.25, 0.3) is 11.8 Å². The van der Waals surface area contributed by atoms with Crippen LogP contribution in [0.2, 0.25) is 0 Å². The van der Waals surface area contributed by atoms with Gasteiger partial charge in [-0.05, 0) is 13.8 Å². The molecule has 68 valence electrons. The summed E-state index contributed by atoms with van der Waals surface area (Å²) >= 11 is 0. The van der Waals surface area contributed by atoms with Crippen LogP contribution in [0.1, 0.15) is 26.7 Å². The van der Waals surface area contributed by atoms with Crippen LogP contribution in [-0.2, 0) is 19.5 Å². The lowest BCUT2D eigenvalue weighted by Gasteiger charge is -2.12. The summed E-state index contributed by atoms with van der Waals surface area (Å²) in [6, 6.07) is 0. The number of amides is 2. The van der Waals surface area contributed by atoms with E-state index < -0.39 is 0 Å². The van der Waals surface area contributed by atoms with Gasteiger partial charge in [-0.3, -0.25) is 9.59 Å². The highest BCUT2D eigenvalue weighted by Crippen LogP contribution is 2.12. The monoisotopic (exact) mass is 173 g/mol. The Bertz CT molecular complexity index is 186. The zero-order chi connectivity index (χ0) is 9.14. The van der Waals surface area contributed by atoms with Crippen LogP contribution in [0.3, 0.4) is 0 Å². The smallest absolute Gasteiger partial charge is 0.256 e. The summed E-state index contributed by atoms with van der Waals surface area (Å²) in [7, 11) is 0. The predicted molar refractivity (Wildman–Crippen MR) is 38.4 cm³/mol. The van der Waals surface area contributed by atoms with Crippen molar-refractivity contribution in [1.29, 1.82) is 0 Å². The van der Waals surface area contributed by atoms with Gasteiger partial charge in [-0.2, -0.15) is 0 Å². The van der Waals surface area contributed by atoms with Gasteiger partial charge in [-0.1, -0.05) is 0 Å². The number of hydroxylamine groups is 2. The maximum Gasteiger partial charge on any atom is 0.256 e. The second-order valence-corrected chi connectivity index (χ2v) is 2.80. The highest BCUT2D eigenvalue weighted by molar-refractivity contribution is 6.00. The highest BCUT2D eigenvalue weighted by Gasteiger charge is 2.31. The molecule has 0 saturated carbocycles. The Morgan fingerprint density at radius 2 is 1.75 bits per heavy atom. The van der Waals surface area contributed by atoms with Crippen LogP contribution in [0.25, 0.3) is 0 Å². The summed E-state index contributed by atoms with van der Waals surface area (Å²) < 4.78 is 0.